The molecule has 4 nitrogen and oxygen atoms in total. The van der Waals surface area contributed by atoms with Crippen LogP contribution in [0.3, 0.4) is 0 Å². The molecule has 0 spiro atoms. The quantitative estimate of drug-likeness (QED) is 0.315. The van der Waals surface area contributed by atoms with E-state index in [0.717, 1.165) is 12.0 Å². The van der Waals surface area contributed by atoms with E-state index in [4.69, 9.17) is 16.3 Å². The predicted molar refractivity (Wildman–Crippen MR) is 139 cm³/mol. The van der Waals surface area contributed by atoms with E-state index in [1.165, 1.54) is 33.4 Å². The monoisotopic (exact) mass is 485 g/mol. The Morgan fingerprint density at radius 2 is 1.76 bits per heavy atom. The number of nitrogens with zero attached hydrogens (tertiary/aromatic N) is 1. The van der Waals surface area contributed by atoms with Crippen molar-refractivity contribution in [2.24, 2.45) is 23.2 Å². The van der Waals surface area contributed by atoms with Gasteiger partial charge in [0, 0.05) is 24.9 Å². The summed E-state index contributed by atoms with van der Waals surface area (Å²) in [4.78, 5) is 26.9. The van der Waals surface area contributed by atoms with Crippen LogP contribution in [0.15, 0.2) is 34.9 Å². The van der Waals surface area contributed by atoms with E-state index in [-0.39, 0.29) is 47.0 Å². The molecule has 0 bridgehead atoms. The number of esters is 1. The van der Waals surface area contributed by atoms with Crippen molar-refractivity contribution in [1.82, 2.24) is 4.90 Å². The van der Waals surface area contributed by atoms with Gasteiger partial charge in [-0.3, -0.25) is 9.59 Å². The van der Waals surface area contributed by atoms with Crippen LogP contribution in [0.2, 0.25) is 0 Å². The van der Waals surface area contributed by atoms with Gasteiger partial charge in [0.2, 0.25) is 5.91 Å². The third-order valence-corrected chi connectivity index (χ3v) is 8.72. The van der Waals surface area contributed by atoms with Crippen molar-refractivity contribution in [2.45, 2.75) is 73.3 Å². The molecule has 5 unspecified atom stereocenters. The molecule has 5 atom stereocenters. The largest absolute Gasteiger partial charge is 0.461 e. The molecule has 1 aromatic rings. The van der Waals surface area contributed by atoms with Gasteiger partial charge in [0.25, 0.3) is 0 Å². The summed E-state index contributed by atoms with van der Waals surface area (Å²) < 4.78 is 5.73. The number of halogens is 1. The van der Waals surface area contributed by atoms with Crippen molar-refractivity contribution < 1.29 is 14.3 Å². The van der Waals surface area contributed by atoms with Gasteiger partial charge in [0.1, 0.15) is 6.61 Å². The average molecular weight is 486 g/mol. The van der Waals surface area contributed by atoms with Gasteiger partial charge >= 0.3 is 5.97 Å². The SMILES string of the molecule is CC1=C(C)C2(C)Cc3ccc(COC(=O)C(C)C(C)CC(C(=O)N(C)C)C(C)Cl)cc3C2=C1C. The fourth-order valence-corrected chi connectivity index (χ4v) is 5.84. The molecular formula is C29H40ClNO3. The van der Waals surface area contributed by atoms with Crippen LogP contribution >= 0.6 is 11.6 Å². The number of carbonyl (C=O) groups is 2. The molecular weight excluding hydrogens is 446 g/mol. The molecule has 2 aliphatic carbocycles. The van der Waals surface area contributed by atoms with Crippen LogP contribution in [0.5, 0.6) is 0 Å². The van der Waals surface area contributed by atoms with Crippen molar-refractivity contribution in [2.75, 3.05) is 14.1 Å². The number of hydrogen-bond donors (Lipinski definition) is 0. The smallest absolute Gasteiger partial charge is 0.309 e. The number of allylic oxidation sites excluding steroid dienone is 4. The van der Waals surface area contributed by atoms with Crippen LogP contribution in [0, 0.1) is 23.2 Å². The summed E-state index contributed by atoms with van der Waals surface area (Å²) in [5.41, 5.74) is 9.43. The number of fused-ring (bicyclic) bond motifs is 3. The lowest BCUT2D eigenvalue weighted by atomic mass is 9.79. The molecule has 186 valence electrons. The Morgan fingerprint density at radius 3 is 2.35 bits per heavy atom. The zero-order valence-corrected chi connectivity index (χ0v) is 23.0. The van der Waals surface area contributed by atoms with Crippen LogP contribution in [-0.2, 0) is 27.4 Å². The minimum atomic E-state index is -0.323. The Hall–Kier alpha value is -2.07. The molecule has 0 fully saturated rings. The van der Waals surface area contributed by atoms with Crippen LogP contribution in [-0.4, -0.2) is 36.2 Å². The zero-order chi connectivity index (χ0) is 25.5. The summed E-state index contributed by atoms with van der Waals surface area (Å²) in [7, 11) is 3.47. The average Bonchev–Trinajstić information content (AvgIpc) is 3.17. The number of benzene rings is 1. The minimum absolute atomic E-state index is 0.00321. The molecule has 0 saturated heterocycles. The lowest BCUT2D eigenvalue weighted by molar-refractivity contribution is -0.151. The number of carbonyl (C=O) groups excluding carboxylic acids is 2. The van der Waals surface area contributed by atoms with Crippen LogP contribution in [0.25, 0.3) is 5.57 Å². The van der Waals surface area contributed by atoms with Crippen molar-refractivity contribution in [3.63, 3.8) is 0 Å². The molecule has 3 rings (SSSR count). The maximum Gasteiger partial charge on any atom is 0.309 e. The summed E-state index contributed by atoms with van der Waals surface area (Å²) in [5, 5.41) is -0.298. The van der Waals surface area contributed by atoms with Crippen molar-refractivity contribution in [3.8, 4) is 0 Å². The van der Waals surface area contributed by atoms with E-state index >= 15 is 0 Å². The van der Waals surface area contributed by atoms with Crippen molar-refractivity contribution in [1.29, 1.82) is 0 Å². The Kier molecular flexibility index (Phi) is 7.72. The number of ether oxygens (including phenoxy) is 1. The highest BCUT2D eigenvalue weighted by Crippen LogP contribution is 2.58. The number of alkyl halides is 1. The van der Waals surface area contributed by atoms with Gasteiger partial charge in [-0.15, -0.1) is 11.6 Å². The second kappa shape index (κ2) is 9.89. The summed E-state index contributed by atoms with van der Waals surface area (Å²) in [6, 6.07) is 6.47. The first-order valence-corrected chi connectivity index (χ1v) is 12.8. The van der Waals surface area contributed by atoms with Crippen LogP contribution in [0.1, 0.15) is 71.6 Å². The highest BCUT2D eigenvalue weighted by Gasteiger charge is 2.44. The van der Waals surface area contributed by atoms with E-state index < -0.39 is 0 Å². The summed E-state index contributed by atoms with van der Waals surface area (Å²) in [6.45, 7) is 15.0. The van der Waals surface area contributed by atoms with Gasteiger partial charge in [-0.2, -0.15) is 0 Å². The third kappa shape index (κ3) is 4.71. The summed E-state index contributed by atoms with van der Waals surface area (Å²) >= 11 is 6.30. The van der Waals surface area contributed by atoms with Crippen molar-refractivity contribution >= 4 is 29.1 Å². The number of hydrogen-bond acceptors (Lipinski definition) is 3. The normalized spacial score (nSPS) is 22.8. The molecule has 2 aliphatic rings. The fraction of sp³-hybridized carbons (Fsp3) is 0.586. The lowest BCUT2D eigenvalue weighted by Crippen LogP contribution is -2.36. The predicted octanol–water partition coefficient (Wildman–Crippen LogP) is 6.41. The molecule has 0 aromatic heterocycles. The molecule has 0 heterocycles. The molecule has 5 heteroatoms. The van der Waals surface area contributed by atoms with E-state index in [1.54, 1.807) is 19.0 Å². The second-order valence-electron chi connectivity index (χ2n) is 10.9. The first kappa shape index (κ1) is 26.5. The highest BCUT2D eigenvalue weighted by molar-refractivity contribution is 6.21. The summed E-state index contributed by atoms with van der Waals surface area (Å²) in [6.07, 6.45) is 1.58. The third-order valence-electron chi connectivity index (χ3n) is 8.41. The fourth-order valence-electron chi connectivity index (χ4n) is 5.62. The first-order chi connectivity index (χ1) is 15.8. The Bertz CT molecular complexity index is 1050. The molecule has 0 aliphatic heterocycles. The summed E-state index contributed by atoms with van der Waals surface area (Å²) in [5.74, 6) is -0.903. The molecule has 1 aromatic carbocycles. The number of rotatable bonds is 8. The van der Waals surface area contributed by atoms with Crippen LogP contribution in [0.4, 0.5) is 0 Å². The van der Waals surface area contributed by atoms with E-state index in [9.17, 15) is 9.59 Å². The van der Waals surface area contributed by atoms with Gasteiger partial charge < -0.3 is 9.64 Å². The highest BCUT2D eigenvalue weighted by atomic mass is 35.5. The van der Waals surface area contributed by atoms with Crippen LogP contribution < -0.4 is 0 Å². The Balaban J connectivity index is 1.67. The molecule has 1 amide bonds. The van der Waals surface area contributed by atoms with E-state index in [2.05, 4.69) is 45.9 Å². The Morgan fingerprint density at radius 1 is 1.12 bits per heavy atom. The zero-order valence-electron chi connectivity index (χ0n) is 22.2. The Labute approximate surface area is 210 Å². The standard InChI is InChI=1S/C29H40ClNO3/c1-16(12-24(21(6)30)27(32)31(8)9)17(2)28(33)34-15-22-10-11-23-14-29(7)20(5)18(3)19(4)26(29)25(23)13-22/h10-11,13,16-17,21,24H,12,14-15H2,1-9H3. The van der Waals surface area contributed by atoms with E-state index in [1.807, 2.05) is 20.8 Å². The lowest BCUT2D eigenvalue weighted by Gasteiger charge is -2.27. The molecule has 0 radical (unpaired) electrons. The second-order valence-corrected chi connectivity index (χ2v) is 11.6. The van der Waals surface area contributed by atoms with Gasteiger partial charge in [-0.25, -0.2) is 0 Å². The van der Waals surface area contributed by atoms with Crippen molar-refractivity contribution in [3.05, 3.63) is 51.6 Å². The molecule has 0 N–H and O–H groups in total. The van der Waals surface area contributed by atoms with Gasteiger partial charge in [-0.1, -0.05) is 38.5 Å². The maximum absolute atomic E-state index is 12.9. The van der Waals surface area contributed by atoms with Gasteiger partial charge in [0.15, 0.2) is 0 Å². The minimum Gasteiger partial charge on any atom is -0.461 e. The molecule has 0 saturated carbocycles. The van der Waals surface area contributed by atoms with Gasteiger partial charge in [-0.05, 0) is 85.9 Å². The first-order valence-electron chi connectivity index (χ1n) is 12.3. The van der Waals surface area contributed by atoms with Gasteiger partial charge in [0.05, 0.1) is 11.8 Å². The number of amides is 1. The maximum atomic E-state index is 12.9. The van der Waals surface area contributed by atoms with E-state index in [0.29, 0.717) is 6.42 Å². The topological polar surface area (TPSA) is 46.6 Å². The molecule has 34 heavy (non-hydrogen) atoms.